The van der Waals surface area contributed by atoms with Crippen molar-refractivity contribution in [3.63, 3.8) is 0 Å². The zero-order chi connectivity index (χ0) is 19.3. The molecule has 0 aliphatic heterocycles. The number of ether oxygens (including phenoxy) is 1. The summed E-state index contributed by atoms with van der Waals surface area (Å²) in [7, 11) is 0. The van der Waals surface area contributed by atoms with Crippen molar-refractivity contribution in [3.8, 4) is 0 Å². The standard InChI is InChI=1S/C24H31NO3/c1-3-27-14-20-19-6-4-5-7-21(19)28-22(20)23(26)25-15(2)24-11-16-8-17(12-24)10-18(9-16)13-24/h4-7,15-18H,3,8-14H2,1-2H3,(H,25,26)/t15-,16?,17?,18?,24?/m0/s1. The second kappa shape index (κ2) is 6.91. The number of benzene rings is 1. The molecule has 6 rings (SSSR count). The zero-order valence-corrected chi connectivity index (χ0v) is 17.0. The first-order chi connectivity index (χ1) is 13.6. The largest absolute Gasteiger partial charge is 0.451 e. The maximum atomic E-state index is 13.2. The van der Waals surface area contributed by atoms with Crippen molar-refractivity contribution in [3.05, 3.63) is 35.6 Å². The monoisotopic (exact) mass is 381 g/mol. The Balaban J connectivity index is 1.40. The number of hydrogen-bond acceptors (Lipinski definition) is 3. The van der Waals surface area contributed by atoms with Gasteiger partial charge in [0, 0.05) is 23.6 Å². The Bertz CT molecular complexity index is 848. The minimum absolute atomic E-state index is 0.0888. The molecule has 4 bridgehead atoms. The summed E-state index contributed by atoms with van der Waals surface area (Å²) in [4.78, 5) is 13.2. The van der Waals surface area contributed by atoms with Gasteiger partial charge in [-0.1, -0.05) is 18.2 Å². The predicted molar refractivity (Wildman–Crippen MR) is 109 cm³/mol. The van der Waals surface area contributed by atoms with E-state index in [1.54, 1.807) is 0 Å². The molecule has 1 aromatic heterocycles. The summed E-state index contributed by atoms with van der Waals surface area (Å²) in [6.07, 6.45) is 8.11. The van der Waals surface area contributed by atoms with E-state index in [1.165, 1.54) is 38.5 Å². The van der Waals surface area contributed by atoms with E-state index in [-0.39, 0.29) is 17.4 Å². The number of furan rings is 1. The molecule has 28 heavy (non-hydrogen) atoms. The highest BCUT2D eigenvalue weighted by atomic mass is 16.5. The van der Waals surface area contributed by atoms with E-state index < -0.39 is 0 Å². The first kappa shape index (κ1) is 18.2. The van der Waals surface area contributed by atoms with Crippen LogP contribution in [0.5, 0.6) is 0 Å². The van der Waals surface area contributed by atoms with Crippen molar-refractivity contribution >= 4 is 16.9 Å². The molecule has 4 saturated carbocycles. The first-order valence-electron chi connectivity index (χ1n) is 11.0. The van der Waals surface area contributed by atoms with Gasteiger partial charge in [0.05, 0.1) is 6.61 Å². The third-order valence-corrected chi connectivity index (χ3v) is 7.71. The van der Waals surface area contributed by atoms with Crippen molar-refractivity contribution in [2.45, 2.75) is 65.0 Å². The molecule has 4 heteroatoms. The molecule has 4 aliphatic rings. The molecule has 0 radical (unpaired) electrons. The van der Waals surface area contributed by atoms with Gasteiger partial charge in [0.2, 0.25) is 0 Å². The number of carbonyl (C=O) groups is 1. The quantitative estimate of drug-likeness (QED) is 0.738. The number of para-hydroxylation sites is 1. The number of nitrogens with one attached hydrogen (secondary N) is 1. The second-order valence-corrected chi connectivity index (χ2v) is 9.52. The van der Waals surface area contributed by atoms with Crippen LogP contribution in [0.15, 0.2) is 28.7 Å². The van der Waals surface area contributed by atoms with Crippen LogP contribution in [0.4, 0.5) is 0 Å². The lowest BCUT2D eigenvalue weighted by molar-refractivity contribution is -0.0688. The Kier molecular flexibility index (Phi) is 4.50. The fourth-order valence-electron chi connectivity index (χ4n) is 6.75. The van der Waals surface area contributed by atoms with Crippen LogP contribution in [0.1, 0.15) is 68.5 Å². The maximum Gasteiger partial charge on any atom is 0.287 e. The SMILES string of the molecule is CCOCc1c(C(=O)N[C@@H](C)C23CC4CC(CC(C4)C2)C3)oc2ccccc12. The number of rotatable bonds is 6. The van der Waals surface area contributed by atoms with Gasteiger partial charge in [-0.15, -0.1) is 0 Å². The van der Waals surface area contributed by atoms with Gasteiger partial charge in [-0.25, -0.2) is 0 Å². The highest BCUT2D eigenvalue weighted by Crippen LogP contribution is 2.61. The molecule has 4 aliphatic carbocycles. The van der Waals surface area contributed by atoms with Gasteiger partial charge < -0.3 is 14.5 Å². The van der Waals surface area contributed by atoms with Gasteiger partial charge in [0.25, 0.3) is 5.91 Å². The van der Waals surface area contributed by atoms with Crippen molar-refractivity contribution < 1.29 is 13.9 Å². The molecule has 0 spiro atoms. The zero-order valence-electron chi connectivity index (χ0n) is 17.0. The van der Waals surface area contributed by atoms with Crippen molar-refractivity contribution in [2.75, 3.05) is 6.61 Å². The van der Waals surface area contributed by atoms with Crippen LogP contribution in [0.3, 0.4) is 0 Å². The fourth-order valence-corrected chi connectivity index (χ4v) is 6.75. The number of hydrogen-bond donors (Lipinski definition) is 1. The Morgan fingerprint density at radius 3 is 2.46 bits per heavy atom. The third kappa shape index (κ3) is 2.97. The minimum atomic E-state index is -0.0888. The van der Waals surface area contributed by atoms with Gasteiger partial charge in [-0.3, -0.25) is 4.79 Å². The molecule has 0 unspecified atom stereocenters. The van der Waals surface area contributed by atoms with E-state index in [9.17, 15) is 4.79 Å². The van der Waals surface area contributed by atoms with Crippen LogP contribution in [0, 0.1) is 23.2 Å². The van der Waals surface area contributed by atoms with E-state index in [4.69, 9.17) is 9.15 Å². The number of carbonyl (C=O) groups excluding carboxylic acids is 1. The highest BCUT2D eigenvalue weighted by Gasteiger charge is 2.53. The lowest BCUT2D eigenvalue weighted by atomic mass is 9.48. The molecular formula is C24H31NO3. The smallest absolute Gasteiger partial charge is 0.287 e. The van der Waals surface area contributed by atoms with Gasteiger partial charge in [0.1, 0.15) is 5.58 Å². The molecule has 1 amide bonds. The Morgan fingerprint density at radius 1 is 1.18 bits per heavy atom. The third-order valence-electron chi connectivity index (χ3n) is 7.71. The molecule has 4 fully saturated rings. The molecule has 1 atom stereocenters. The summed E-state index contributed by atoms with van der Waals surface area (Å²) >= 11 is 0. The predicted octanol–water partition coefficient (Wildman–Crippen LogP) is 5.30. The van der Waals surface area contributed by atoms with Gasteiger partial charge >= 0.3 is 0 Å². The summed E-state index contributed by atoms with van der Waals surface area (Å²) in [5.74, 6) is 2.97. The normalized spacial score (nSPS) is 32.0. The van der Waals surface area contributed by atoms with Gasteiger partial charge in [-0.05, 0) is 81.6 Å². The molecule has 1 N–H and O–H groups in total. The summed E-state index contributed by atoms with van der Waals surface area (Å²) in [5, 5.41) is 4.32. The first-order valence-corrected chi connectivity index (χ1v) is 11.0. The van der Waals surface area contributed by atoms with E-state index in [1.807, 2.05) is 31.2 Å². The summed E-state index contributed by atoms with van der Waals surface area (Å²) in [6, 6.07) is 8.03. The topological polar surface area (TPSA) is 51.5 Å². The van der Waals surface area contributed by atoms with Crippen LogP contribution < -0.4 is 5.32 Å². The van der Waals surface area contributed by atoms with E-state index in [0.29, 0.717) is 19.0 Å². The molecule has 1 heterocycles. The number of amides is 1. The number of fused-ring (bicyclic) bond motifs is 1. The minimum Gasteiger partial charge on any atom is -0.451 e. The Hall–Kier alpha value is -1.81. The summed E-state index contributed by atoms with van der Waals surface area (Å²) < 4.78 is 11.6. The molecule has 1 aromatic carbocycles. The molecule has 4 nitrogen and oxygen atoms in total. The van der Waals surface area contributed by atoms with Gasteiger partial charge in [0.15, 0.2) is 5.76 Å². The summed E-state index contributed by atoms with van der Waals surface area (Å²) in [5.41, 5.74) is 1.91. The van der Waals surface area contributed by atoms with Crippen LogP contribution in [0.2, 0.25) is 0 Å². The van der Waals surface area contributed by atoms with E-state index in [2.05, 4.69) is 12.2 Å². The van der Waals surface area contributed by atoms with Crippen molar-refractivity contribution in [2.24, 2.45) is 23.2 Å². The van der Waals surface area contributed by atoms with Crippen LogP contribution in [0.25, 0.3) is 11.0 Å². The van der Waals surface area contributed by atoms with Gasteiger partial charge in [-0.2, -0.15) is 0 Å². The Morgan fingerprint density at radius 2 is 1.82 bits per heavy atom. The molecular weight excluding hydrogens is 350 g/mol. The summed E-state index contributed by atoms with van der Waals surface area (Å²) in [6.45, 7) is 5.21. The molecule has 150 valence electrons. The lowest BCUT2D eigenvalue weighted by Crippen LogP contribution is -2.55. The van der Waals surface area contributed by atoms with Crippen LogP contribution in [-0.2, 0) is 11.3 Å². The molecule has 0 saturated heterocycles. The fraction of sp³-hybridized carbons (Fsp3) is 0.625. The maximum absolute atomic E-state index is 13.2. The lowest BCUT2D eigenvalue weighted by Gasteiger charge is -2.59. The van der Waals surface area contributed by atoms with Crippen molar-refractivity contribution in [1.82, 2.24) is 5.32 Å². The van der Waals surface area contributed by atoms with E-state index in [0.717, 1.165) is 34.3 Å². The Labute approximate surface area is 167 Å². The molecule has 2 aromatic rings. The average Bonchev–Trinajstić information content (AvgIpc) is 3.04. The van der Waals surface area contributed by atoms with E-state index >= 15 is 0 Å². The van der Waals surface area contributed by atoms with Crippen LogP contribution >= 0.6 is 0 Å². The average molecular weight is 382 g/mol. The van der Waals surface area contributed by atoms with Crippen molar-refractivity contribution in [1.29, 1.82) is 0 Å². The highest BCUT2D eigenvalue weighted by molar-refractivity contribution is 5.99. The van der Waals surface area contributed by atoms with Crippen LogP contribution in [-0.4, -0.2) is 18.6 Å². The second-order valence-electron chi connectivity index (χ2n) is 9.52.